The number of para-hydroxylation sites is 1. The molecule has 0 aromatic heterocycles. The van der Waals surface area contributed by atoms with Crippen LogP contribution < -0.4 is 5.32 Å². The summed E-state index contributed by atoms with van der Waals surface area (Å²) in [4.78, 5) is 14.3. The molecule has 0 unspecified atom stereocenters. The van der Waals surface area contributed by atoms with Gasteiger partial charge in [0.15, 0.2) is 0 Å². The molecule has 0 bridgehead atoms. The molecule has 2 rings (SSSR count). The lowest BCUT2D eigenvalue weighted by Crippen LogP contribution is -2.46. The lowest BCUT2D eigenvalue weighted by Gasteiger charge is -2.37. The minimum absolute atomic E-state index is 0.0598. The van der Waals surface area contributed by atoms with Gasteiger partial charge in [-0.05, 0) is 26.0 Å². The first-order chi connectivity index (χ1) is 9.50. The molecule has 1 N–H and O–H groups in total. The number of benzene rings is 1. The molecule has 1 amide bonds. The number of nitrogens with one attached hydrogen (secondary N) is 1. The molecule has 0 radical (unpaired) electrons. The second-order valence-corrected chi connectivity index (χ2v) is 7.33. The summed E-state index contributed by atoms with van der Waals surface area (Å²) in [6, 6.07) is 9.15. The Labute approximate surface area is 124 Å². The average Bonchev–Trinajstić information content (AvgIpc) is 2.38. The van der Waals surface area contributed by atoms with E-state index >= 15 is 0 Å². The Kier molecular flexibility index (Phi) is 4.69. The largest absolute Gasteiger partial charge is 0.324 e. The third kappa shape index (κ3) is 3.99. The van der Waals surface area contributed by atoms with Gasteiger partial charge in [-0.3, -0.25) is 9.69 Å². The van der Waals surface area contributed by atoms with Gasteiger partial charge in [-0.15, -0.1) is 0 Å². The van der Waals surface area contributed by atoms with Crippen molar-refractivity contribution in [2.45, 2.75) is 18.6 Å². The number of thioether (sulfide) groups is 1. The maximum absolute atomic E-state index is 12.1. The quantitative estimate of drug-likeness (QED) is 0.928. The van der Waals surface area contributed by atoms with E-state index in [2.05, 4.69) is 30.1 Å². The fourth-order valence-corrected chi connectivity index (χ4v) is 3.51. The summed E-state index contributed by atoms with van der Waals surface area (Å²) in [5.74, 6) is 0.991. The van der Waals surface area contributed by atoms with Gasteiger partial charge in [0.1, 0.15) is 6.07 Å². The first-order valence-corrected chi connectivity index (χ1v) is 7.64. The van der Waals surface area contributed by atoms with Crippen LogP contribution in [0.5, 0.6) is 0 Å². The van der Waals surface area contributed by atoms with Crippen LogP contribution in [0.2, 0.25) is 0 Å². The molecule has 0 spiro atoms. The van der Waals surface area contributed by atoms with Crippen LogP contribution >= 0.6 is 11.8 Å². The summed E-state index contributed by atoms with van der Waals surface area (Å²) in [6.45, 7) is 6.62. The molecule has 20 heavy (non-hydrogen) atoms. The topological polar surface area (TPSA) is 56.1 Å². The van der Waals surface area contributed by atoms with E-state index in [9.17, 15) is 4.79 Å². The van der Waals surface area contributed by atoms with Crippen LogP contribution in [0.1, 0.15) is 19.4 Å². The van der Waals surface area contributed by atoms with Gasteiger partial charge in [-0.2, -0.15) is 17.0 Å². The van der Waals surface area contributed by atoms with Gasteiger partial charge in [0, 0.05) is 23.6 Å². The number of hydrogen-bond donors (Lipinski definition) is 1. The van der Waals surface area contributed by atoms with Crippen LogP contribution in [-0.2, 0) is 4.79 Å². The van der Waals surface area contributed by atoms with Crippen LogP contribution in [0, 0.1) is 11.3 Å². The van der Waals surface area contributed by atoms with E-state index in [4.69, 9.17) is 5.26 Å². The fraction of sp³-hybridized carbons (Fsp3) is 0.467. The molecule has 1 aromatic carbocycles. The Bertz CT molecular complexity index is 536. The zero-order valence-corrected chi connectivity index (χ0v) is 12.7. The summed E-state index contributed by atoms with van der Waals surface area (Å²) in [7, 11) is 0. The predicted octanol–water partition coefficient (Wildman–Crippen LogP) is 2.32. The number of nitrogens with zero attached hydrogens (tertiary/aromatic N) is 2. The Morgan fingerprint density at radius 1 is 1.50 bits per heavy atom. The summed E-state index contributed by atoms with van der Waals surface area (Å²) in [5, 5.41) is 11.8. The normalized spacial score (nSPS) is 18.2. The zero-order valence-electron chi connectivity index (χ0n) is 11.8. The molecule has 0 aliphatic carbocycles. The average molecular weight is 289 g/mol. The summed E-state index contributed by atoms with van der Waals surface area (Å²) in [5.41, 5.74) is 1.08. The number of rotatable bonds is 3. The van der Waals surface area contributed by atoms with E-state index in [0.717, 1.165) is 18.8 Å². The number of nitriles is 1. The Balaban J connectivity index is 1.94. The molecule has 0 saturated carbocycles. The molecule has 1 heterocycles. The second-order valence-electron chi connectivity index (χ2n) is 5.52. The number of carbonyl (C=O) groups is 1. The third-order valence-corrected chi connectivity index (χ3v) is 4.49. The van der Waals surface area contributed by atoms with E-state index in [1.54, 1.807) is 18.2 Å². The van der Waals surface area contributed by atoms with Crippen molar-refractivity contribution in [3.63, 3.8) is 0 Å². The van der Waals surface area contributed by atoms with Crippen molar-refractivity contribution in [3.05, 3.63) is 29.8 Å². The number of hydrogen-bond acceptors (Lipinski definition) is 4. The van der Waals surface area contributed by atoms with E-state index in [1.807, 2.05) is 17.8 Å². The monoisotopic (exact) mass is 289 g/mol. The molecule has 5 heteroatoms. The number of anilines is 1. The minimum atomic E-state index is -0.0598. The van der Waals surface area contributed by atoms with Crippen molar-refractivity contribution < 1.29 is 4.79 Å². The number of amides is 1. The van der Waals surface area contributed by atoms with Gasteiger partial charge in [-0.25, -0.2) is 0 Å². The molecular formula is C15H19N3OS. The van der Waals surface area contributed by atoms with Crippen molar-refractivity contribution in [2.75, 3.05) is 30.7 Å². The highest BCUT2D eigenvalue weighted by molar-refractivity contribution is 8.00. The fourth-order valence-electron chi connectivity index (χ4n) is 2.33. The summed E-state index contributed by atoms with van der Waals surface area (Å²) >= 11 is 1.94. The zero-order chi connectivity index (χ0) is 14.6. The molecule has 1 saturated heterocycles. The second kappa shape index (κ2) is 6.29. The molecule has 0 atom stereocenters. The summed E-state index contributed by atoms with van der Waals surface area (Å²) < 4.78 is 0.198. The van der Waals surface area contributed by atoms with E-state index in [-0.39, 0.29) is 10.7 Å². The van der Waals surface area contributed by atoms with Crippen molar-refractivity contribution in [3.8, 4) is 6.07 Å². The van der Waals surface area contributed by atoms with Gasteiger partial charge in [0.2, 0.25) is 5.91 Å². The van der Waals surface area contributed by atoms with E-state index in [0.29, 0.717) is 17.8 Å². The van der Waals surface area contributed by atoms with Crippen LogP contribution in [-0.4, -0.2) is 40.9 Å². The molecule has 1 aromatic rings. The molecule has 106 valence electrons. The maximum Gasteiger partial charge on any atom is 0.238 e. The smallest absolute Gasteiger partial charge is 0.238 e. The Morgan fingerprint density at radius 3 is 2.95 bits per heavy atom. The Hall–Kier alpha value is -1.51. The van der Waals surface area contributed by atoms with Crippen LogP contribution in [0.15, 0.2) is 24.3 Å². The third-order valence-electron chi connectivity index (χ3n) is 3.19. The van der Waals surface area contributed by atoms with Gasteiger partial charge in [-0.1, -0.05) is 12.1 Å². The van der Waals surface area contributed by atoms with Crippen LogP contribution in [0.4, 0.5) is 5.69 Å². The highest BCUT2D eigenvalue weighted by atomic mass is 32.2. The van der Waals surface area contributed by atoms with E-state index < -0.39 is 0 Å². The SMILES string of the molecule is CC1(C)CN(CC(=O)Nc2ccccc2C#N)CCS1. The number of carbonyl (C=O) groups excluding carboxylic acids is 1. The van der Waals surface area contributed by atoms with Crippen LogP contribution in [0.3, 0.4) is 0 Å². The van der Waals surface area contributed by atoms with Crippen molar-refractivity contribution in [1.82, 2.24) is 4.90 Å². The predicted molar refractivity (Wildman–Crippen MR) is 82.8 cm³/mol. The highest BCUT2D eigenvalue weighted by Gasteiger charge is 2.27. The summed E-state index contributed by atoms with van der Waals surface area (Å²) in [6.07, 6.45) is 0. The van der Waals surface area contributed by atoms with Gasteiger partial charge in [0.05, 0.1) is 17.8 Å². The van der Waals surface area contributed by atoms with Crippen LogP contribution in [0.25, 0.3) is 0 Å². The van der Waals surface area contributed by atoms with Crippen molar-refractivity contribution in [1.29, 1.82) is 5.26 Å². The molecule has 1 aliphatic heterocycles. The maximum atomic E-state index is 12.1. The lowest BCUT2D eigenvalue weighted by atomic mass is 10.2. The minimum Gasteiger partial charge on any atom is -0.324 e. The van der Waals surface area contributed by atoms with Crippen molar-refractivity contribution >= 4 is 23.4 Å². The standard InChI is InChI=1S/C15H19N3OS/c1-15(2)11-18(7-8-20-15)10-14(19)17-13-6-4-3-5-12(13)9-16/h3-6H,7-8,10-11H2,1-2H3,(H,17,19). The Morgan fingerprint density at radius 2 is 2.25 bits per heavy atom. The molecule has 1 aliphatic rings. The molecule has 4 nitrogen and oxygen atoms in total. The van der Waals surface area contributed by atoms with Gasteiger partial charge in [0.25, 0.3) is 0 Å². The highest BCUT2D eigenvalue weighted by Crippen LogP contribution is 2.29. The molecular weight excluding hydrogens is 270 g/mol. The molecule has 1 fully saturated rings. The van der Waals surface area contributed by atoms with E-state index in [1.165, 1.54) is 0 Å². The van der Waals surface area contributed by atoms with Gasteiger partial charge >= 0.3 is 0 Å². The first kappa shape index (κ1) is 14.9. The van der Waals surface area contributed by atoms with Crippen molar-refractivity contribution in [2.24, 2.45) is 0 Å². The van der Waals surface area contributed by atoms with Gasteiger partial charge < -0.3 is 5.32 Å². The lowest BCUT2D eigenvalue weighted by molar-refractivity contribution is -0.117. The first-order valence-electron chi connectivity index (χ1n) is 6.65.